The second kappa shape index (κ2) is 7.43. The molecule has 0 aliphatic heterocycles. The number of rotatable bonds is 5. The highest BCUT2D eigenvalue weighted by Crippen LogP contribution is 2.27. The van der Waals surface area contributed by atoms with Gasteiger partial charge in [0.2, 0.25) is 5.95 Å². The number of hydrogen-bond acceptors (Lipinski definition) is 4. The van der Waals surface area contributed by atoms with Gasteiger partial charge in [0.1, 0.15) is 5.82 Å². The van der Waals surface area contributed by atoms with Gasteiger partial charge in [0.15, 0.2) is 17.5 Å². The molecule has 0 aliphatic rings. The highest BCUT2D eigenvalue weighted by molar-refractivity contribution is 5.63. The first-order valence-electron chi connectivity index (χ1n) is 8.05. The quantitative estimate of drug-likeness (QED) is 0.591. The first kappa shape index (κ1) is 17.7. The number of benzene rings is 2. The van der Waals surface area contributed by atoms with E-state index in [1.807, 2.05) is 24.3 Å². The maximum absolute atomic E-state index is 13.8. The zero-order valence-electron chi connectivity index (χ0n) is 14.2. The van der Waals surface area contributed by atoms with E-state index in [-0.39, 0.29) is 11.6 Å². The molecule has 0 bridgehead atoms. The normalized spacial score (nSPS) is 10.8. The van der Waals surface area contributed by atoms with E-state index in [4.69, 9.17) is 0 Å². The maximum Gasteiger partial charge on any atom is 0.229 e. The largest absolute Gasteiger partial charge is 0.340 e. The van der Waals surface area contributed by atoms with Gasteiger partial charge < -0.3 is 10.6 Å². The third-order valence-corrected chi connectivity index (χ3v) is 3.78. The third-order valence-electron chi connectivity index (χ3n) is 3.78. The lowest BCUT2D eigenvalue weighted by atomic mass is 10.0. The van der Waals surface area contributed by atoms with Crippen LogP contribution in [0.2, 0.25) is 0 Å². The lowest BCUT2D eigenvalue weighted by Crippen LogP contribution is -2.04. The molecule has 7 heteroatoms. The molecule has 0 spiro atoms. The number of nitrogens with zero attached hydrogens (tertiary/aromatic N) is 2. The van der Waals surface area contributed by atoms with Gasteiger partial charge in [-0.3, -0.25) is 0 Å². The summed E-state index contributed by atoms with van der Waals surface area (Å²) >= 11 is 0. The van der Waals surface area contributed by atoms with Gasteiger partial charge in [-0.1, -0.05) is 32.0 Å². The van der Waals surface area contributed by atoms with Crippen LogP contribution >= 0.6 is 0 Å². The van der Waals surface area contributed by atoms with Crippen LogP contribution in [0.5, 0.6) is 0 Å². The second-order valence-corrected chi connectivity index (χ2v) is 5.98. The van der Waals surface area contributed by atoms with E-state index < -0.39 is 17.5 Å². The highest BCUT2D eigenvalue weighted by Gasteiger charge is 2.14. The summed E-state index contributed by atoms with van der Waals surface area (Å²) in [5.41, 5.74) is 1.77. The van der Waals surface area contributed by atoms with Gasteiger partial charge >= 0.3 is 0 Å². The summed E-state index contributed by atoms with van der Waals surface area (Å²) in [6.07, 6.45) is 1.48. The van der Waals surface area contributed by atoms with Gasteiger partial charge in [0.25, 0.3) is 0 Å². The Balaban J connectivity index is 1.85. The fourth-order valence-corrected chi connectivity index (χ4v) is 2.48. The van der Waals surface area contributed by atoms with E-state index in [0.717, 1.165) is 23.4 Å². The summed E-state index contributed by atoms with van der Waals surface area (Å²) in [5, 5.41) is 5.76. The smallest absolute Gasteiger partial charge is 0.229 e. The van der Waals surface area contributed by atoms with E-state index in [9.17, 15) is 13.2 Å². The molecule has 1 heterocycles. The van der Waals surface area contributed by atoms with Gasteiger partial charge in [-0.15, -0.1) is 0 Å². The summed E-state index contributed by atoms with van der Waals surface area (Å²) in [5.74, 6) is -3.27. The van der Waals surface area contributed by atoms with E-state index in [1.54, 1.807) is 6.07 Å². The fraction of sp³-hybridized carbons (Fsp3) is 0.158. The Kier molecular flexibility index (Phi) is 5.06. The third kappa shape index (κ3) is 3.77. The molecule has 4 nitrogen and oxygen atoms in total. The molecule has 0 amide bonds. The van der Waals surface area contributed by atoms with Crippen molar-refractivity contribution in [3.8, 4) is 0 Å². The Morgan fingerprint density at radius 3 is 2.38 bits per heavy atom. The maximum atomic E-state index is 13.8. The van der Waals surface area contributed by atoms with Crippen molar-refractivity contribution in [2.45, 2.75) is 19.8 Å². The van der Waals surface area contributed by atoms with Gasteiger partial charge in [-0.25, -0.2) is 18.2 Å². The zero-order valence-corrected chi connectivity index (χ0v) is 14.2. The number of halogens is 3. The standard InChI is InChI=1S/C19H17F3N4/c1-11(2)12-5-3-4-6-14(12)24-16-9-10-23-19(26-16)25-15-8-7-13(20)17(21)18(15)22/h3-11H,1-2H3,(H2,23,24,25,26). The van der Waals surface area contributed by atoms with Gasteiger partial charge in [-0.2, -0.15) is 4.98 Å². The van der Waals surface area contributed by atoms with Crippen molar-refractivity contribution in [2.24, 2.45) is 0 Å². The first-order chi connectivity index (χ1) is 12.5. The first-order valence-corrected chi connectivity index (χ1v) is 8.05. The van der Waals surface area contributed by atoms with E-state index in [2.05, 4.69) is 34.4 Å². The van der Waals surface area contributed by atoms with Crippen LogP contribution in [0.15, 0.2) is 48.7 Å². The Morgan fingerprint density at radius 2 is 1.62 bits per heavy atom. The van der Waals surface area contributed by atoms with Crippen molar-refractivity contribution in [2.75, 3.05) is 10.6 Å². The summed E-state index contributed by atoms with van der Waals surface area (Å²) < 4.78 is 40.1. The molecule has 0 atom stereocenters. The average Bonchev–Trinajstić information content (AvgIpc) is 2.63. The van der Waals surface area contributed by atoms with Crippen LogP contribution in [-0.2, 0) is 0 Å². The highest BCUT2D eigenvalue weighted by atomic mass is 19.2. The lowest BCUT2D eigenvalue weighted by molar-refractivity contribution is 0.449. The molecule has 0 aliphatic carbocycles. The van der Waals surface area contributed by atoms with Crippen LogP contribution in [-0.4, -0.2) is 9.97 Å². The van der Waals surface area contributed by atoms with Gasteiger partial charge in [0.05, 0.1) is 5.69 Å². The molecule has 0 radical (unpaired) electrons. The molecule has 2 N–H and O–H groups in total. The van der Waals surface area contributed by atoms with Crippen LogP contribution in [0.25, 0.3) is 0 Å². The molecule has 2 aromatic carbocycles. The predicted molar refractivity (Wildman–Crippen MR) is 95.4 cm³/mol. The van der Waals surface area contributed by atoms with Crippen LogP contribution in [0.1, 0.15) is 25.3 Å². The van der Waals surface area contributed by atoms with Crippen LogP contribution in [0.3, 0.4) is 0 Å². The SMILES string of the molecule is CC(C)c1ccccc1Nc1ccnc(Nc2ccc(F)c(F)c2F)n1. The number of hydrogen-bond donors (Lipinski definition) is 2. The second-order valence-electron chi connectivity index (χ2n) is 5.98. The van der Waals surface area contributed by atoms with Crippen molar-refractivity contribution in [3.63, 3.8) is 0 Å². The monoisotopic (exact) mass is 358 g/mol. The van der Waals surface area contributed by atoms with Crippen molar-refractivity contribution in [3.05, 3.63) is 71.7 Å². The minimum absolute atomic E-state index is 0.0573. The molecular weight excluding hydrogens is 341 g/mol. The zero-order chi connectivity index (χ0) is 18.7. The molecule has 134 valence electrons. The number of para-hydroxylation sites is 1. The van der Waals surface area contributed by atoms with E-state index in [1.165, 1.54) is 6.20 Å². The summed E-state index contributed by atoms with van der Waals surface area (Å²) in [7, 11) is 0. The molecular formula is C19H17F3N4. The molecule has 0 fully saturated rings. The number of anilines is 4. The van der Waals surface area contributed by atoms with E-state index >= 15 is 0 Å². The Hall–Kier alpha value is -3.09. The molecule has 3 rings (SSSR count). The number of aromatic nitrogens is 2. The summed E-state index contributed by atoms with van der Waals surface area (Å²) in [6, 6.07) is 11.4. The van der Waals surface area contributed by atoms with Crippen LogP contribution < -0.4 is 10.6 Å². The molecule has 0 saturated carbocycles. The topological polar surface area (TPSA) is 49.8 Å². The lowest BCUT2D eigenvalue weighted by Gasteiger charge is -2.14. The molecule has 26 heavy (non-hydrogen) atoms. The van der Waals surface area contributed by atoms with Gasteiger partial charge in [0, 0.05) is 11.9 Å². The van der Waals surface area contributed by atoms with Crippen molar-refractivity contribution in [1.29, 1.82) is 0 Å². The Morgan fingerprint density at radius 1 is 0.846 bits per heavy atom. The van der Waals surface area contributed by atoms with Crippen molar-refractivity contribution >= 4 is 23.1 Å². The summed E-state index contributed by atoms with van der Waals surface area (Å²) in [6.45, 7) is 4.17. The Labute approximate surface area is 149 Å². The Bertz CT molecular complexity index is 928. The van der Waals surface area contributed by atoms with Crippen molar-refractivity contribution < 1.29 is 13.2 Å². The molecule has 1 aromatic heterocycles. The van der Waals surface area contributed by atoms with E-state index in [0.29, 0.717) is 11.7 Å². The minimum atomic E-state index is -1.55. The average molecular weight is 358 g/mol. The number of nitrogens with one attached hydrogen (secondary N) is 2. The summed E-state index contributed by atoms with van der Waals surface area (Å²) in [4.78, 5) is 8.22. The predicted octanol–water partition coefficient (Wildman–Crippen LogP) is 5.50. The fourth-order valence-electron chi connectivity index (χ4n) is 2.48. The van der Waals surface area contributed by atoms with Crippen LogP contribution in [0.4, 0.5) is 36.3 Å². The minimum Gasteiger partial charge on any atom is -0.340 e. The molecule has 0 saturated heterocycles. The van der Waals surface area contributed by atoms with Gasteiger partial charge in [-0.05, 0) is 35.7 Å². The molecule has 0 unspecified atom stereocenters. The molecule has 3 aromatic rings. The van der Waals surface area contributed by atoms with Crippen LogP contribution in [0, 0.1) is 17.5 Å². The van der Waals surface area contributed by atoms with Crippen molar-refractivity contribution in [1.82, 2.24) is 9.97 Å².